The number of rotatable bonds is 3. The molecule has 0 aliphatic carbocycles. The standard InChI is InChI=1S/C14H16BF5O3/c1-12(2)13(3,4)23-15(22-12)9-6-5-8(14(18,19)20)7-10(9)21-11(16)17/h5-7,11H,1-4H3. The van der Waals surface area contributed by atoms with Crippen molar-refractivity contribution in [3.8, 4) is 5.75 Å². The van der Waals surface area contributed by atoms with Crippen LogP contribution in [0.3, 0.4) is 0 Å². The third-order valence-electron chi connectivity index (χ3n) is 4.06. The molecule has 1 saturated heterocycles. The van der Waals surface area contributed by atoms with Gasteiger partial charge < -0.3 is 14.0 Å². The molecule has 3 nitrogen and oxygen atoms in total. The van der Waals surface area contributed by atoms with E-state index >= 15 is 0 Å². The molecule has 1 aromatic carbocycles. The fourth-order valence-corrected chi connectivity index (χ4v) is 2.07. The van der Waals surface area contributed by atoms with Gasteiger partial charge in [0, 0.05) is 5.46 Å². The SMILES string of the molecule is CC1(C)OB(c2ccc(C(F)(F)F)cc2OC(F)F)OC1(C)C. The number of halogens is 5. The predicted octanol–water partition coefficient (Wildman–Crippen LogP) is 3.61. The lowest BCUT2D eigenvalue weighted by atomic mass is 9.78. The lowest BCUT2D eigenvalue weighted by Crippen LogP contribution is -2.41. The topological polar surface area (TPSA) is 27.7 Å². The van der Waals surface area contributed by atoms with E-state index < -0.39 is 42.4 Å². The fourth-order valence-electron chi connectivity index (χ4n) is 2.07. The Labute approximate surface area is 130 Å². The molecular weight excluding hydrogens is 322 g/mol. The summed E-state index contributed by atoms with van der Waals surface area (Å²) in [6.45, 7) is 3.70. The summed E-state index contributed by atoms with van der Waals surface area (Å²) in [4.78, 5) is 0. The quantitative estimate of drug-likeness (QED) is 0.623. The van der Waals surface area contributed by atoms with Crippen molar-refractivity contribution in [2.24, 2.45) is 0 Å². The highest BCUT2D eigenvalue weighted by molar-refractivity contribution is 6.63. The molecule has 1 aromatic rings. The molecule has 0 saturated carbocycles. The average molecular weight is 338 g/mol. The summed E-state index contributed by atoms with van der Waals surface area (Å²) in [6, 6.07) is 2.33. The van der Waals surface area contributed by atoms with Crippen molar-refractivity contribution >= 4 is 12.6 Å². The molecule has 0 radical (unpaired) electrons. The van der Waals surface area contributed by atoms with Gasteiger partial charge >= 0.3 is 19.9 Å². The molecule has 1 fully saturated rings. The molecule has 23 heavy (non-hydrogen) atoms. The highest BCUT2D eigenvalue weighted by Gasteiger charge is 2.52. The van der Waals surface area contributed by atoms with Gasteiger partial charge in [0.15, 0.2) is 0 Å². The zero-order chi connectivity index (χ0) is 17.6. The third-order valence-corrected chi connectivity index (χ3v) is 4.06. The van der Waals surface area contributed by atoms with Gasteiger partial charge in [-0.25, -0.2) is 0 Å². The molecule has 0 bridgehead atoms. The summed E-state index contributed by atoms with van der Waals surface area (Å²) in [6.07, 6.45) is -4.67. The van der Waals surface area contributed by atoms with Crippen molar-refractivity contribution in [3.63, 3.8) is 0 Å². The third kappa shape index (κ3) is 3.60. The Morgan fingerprint density at radius 2 is 1.57 bits per heavy atom. The first-order chi connectivity index (χ1) is 10.3. The smallest absolute Gasteiger partial charge is 0.435 e. The van der Waals surface area contributed by atoms with Crippen LogP contribution < -0.4 is 10.2 Å². The molecule has 0 amide bonds. The van der Waals surface area contributed by atoms with E-state index in [1.165, 1.54) is 0 Å². The Hall–Kier alpha value is -1.35. The first-order valence-corrected chi connectivity index (χ1v) is 6.85. The first-order valence-electron chi connectivity index (χ1n) is 6.85. The zero-order valence-corrected chi connectivity index (χ0v) is 13.0. The van der Waals surface area contributed by atoms with Gasteiger partial charge in [0.25, 0.3) is 0 Å². The van der Waals surface area contributed by atoms with Gasteiger partial charge in [-0.05, 0) is 33.8 Å². The van der Waals surface area contributed by atoms with Gasteiger partial charge in [0.1, 0.15) is 5.75 Å². The molecule has 1 heterocycles. The Morgan fingerprint density at radius 1 is 1.04 bits per heavy atom. The summed E-state index contributed by atoms with van der Waals surface area (Å²) >= 11 is 0. The Bertz CT molecular complexity index is 570. The molecule has 2 rings (SSSR count). The molecule has 0 N–H and O–H groups in total. The van der Waals surface area contributed by atoms with E-state index in [1.54, 1.807) is 27.7 Å². The Morgan fingerprint density at radius 3 is 2.00 bits per heavy atom. The van der Waals surface area contributed by atoms with Crippen LogP contribution in [-0.2, 0) is 15.5 Å². The van der Waals surface area contributed by atoms with E-state index in [1.807, 2.05) is 0 Å². The molecular formula is C14H16BF5O3. The maximum Gasteiger partial charge on any atom is 0.498 e. The highest BCUT2D eigenvalue weighted by Crippen LogP contribution is 2.38. The summed E-state index contributed by atoms with van der Waals surface area (Å²) < 4.78 is 78.9. The van der Waals surface area contributed by atoms with Crippen LogP contribution in [0.2, 0.25) is 0 Å². The van der Waals surface area contributed by atoms with Crippen LogP contribution in [0.15, 0.2) is 18.2 Å². The molecule has 0 spiro atoms. The summed E-state index contributed by atoms with van der Waals surface area (Å²) in [5.41, 5.74) is -2.63. The van der Waals surface area contributed by atoms with Gasteiger partial charge in [-0.3, -0.25) is 0 Å². The number of benzene rings is 1. The molecule has 1 aliphatic heterocycles. The fraction of sp³-hybridized carbons (Fsp3) is 0.571. The van der Waals surface area contributed by atoms with Gasteiger partial charge in [0.05, 0.1) is 16.8 Å². The lowest BCUT2D eigenvalue weighted by Gasteiger charge is -2.32. The number of hydrogen-bond donors (Lipinski definition) is 0. The van der Waals surface area contributed by atoms with Crippen LogP contribution in [0.25, 0.3) is 0 Å². The maximum absolute atomic E-state index is 12.8. The van der Waals surface area contributed by atoms with E-state index in [4.69, 9.17) is 9.31 Å². The zero-order valence-electron chi connectivity index (χ0n) is 13.0. The second-order valence-electron chi connectivity index (χ2n) is 6.22. The largest absolute Gasteiger partial charge is 0.498 e. The number of alkyl halides is 5. The van der Waals surface area contributed by atoms with Crippen LogP contribution in [0, 0.1) is 0 Å². The van der Waals surface area contributed by atoms with Crippen LogP contribution in [-0.4, -0.2) is 24.9 Å². The summed E-state index contributed by atoms with van der Waals surface area (Å²) in [5.74, 6) is -0.617. The minimum atomic E-state index is -4.67. The molecule has 0 atom stereocenters. The van der Waals surface area contributed by atoms with E-state index in [0.717, 1.165) is 12.1 Å². The van der Waals surface area contributed by atoms with Crippen molar-refractivity contribution < 1.29 is 36.0 Å². The molecule has 1 aliphatic rings. The highest BCUT2D eigenvalue weighted by atomic mass is 19.4. The second kappa shape index (κ2) is 5.63. The maximum atomic E-state index is 12.8. The molecule has 9 heteroatoms. The van der Waals surface area contributed by atoms with E-state index in [-0.39, 0.29) is 5.46 Å². The molecule has 0 aromatic heterocycles. The van der Waals surface area contributed by atoms with Crippen LogP contribution in [0.4, 0.5) is 22.0 Å². The van der Waals surface area contributed by atoms with Crippen LogP contribution >= 0.6 is 0 Å². The summed E-state index contributed by atoms with van der Waals surface area (Å²) in [7, 11) is -1.10. The van der Waals surface area contributed by atoms with E-state index in [2.05, 4.69) is 4.74 Å². The van der Waals surface area contributed by atoms with Gasteiger partial charge in [-0.2, -0.15) is 22.0 Å². The normalized spacial score (nSPS) is 20.2. The van der Waals surface area contributed by atoms with Crippen molar-refractivity contribution in [1.82, 2.24) is 0 Å². The van der Waals surface area contributed by atoms with Crippen LogP contribution in [0.5, 0.6) is 5.75 Å². The van der Waals surface area contributed by atoms with Gasteiger partial charge in [-0.15, -0.1) is 0 Å². The van der Waals surface area contributed by atoms with Crippen molar-refractivity contribution in [2.75, 3.05) is 0 Å². The molecule has 128 valence electrons. The van der Waals surface area contributed by atoms with E-state index in [9.17, 15) is 22.0 Å². The Balaban J connectivity index is 2.43. The van der Waals surface area contributed by atoms with Gasteiger partial charge in [0.2, 0.25) is 0 Å². The minimum Gasteiger partial charge on any atom is -0.435 e. The average Bonchev–Trinajstić information content (AvgIpc) is 2.56. The van der Waals surface area contributed by atoms with E-state index in [0.29, 0.717) is 6.07 Å². The minimum absolute atomic E-state index is 0.0167. The summed E-state index contributed by atoms with van der Waals surface area (Å²) in [5, 5.41) is 0. The first kappa shape index (κ1) is 18.0. The van der Waals surface area contributed by atoms with Gasteiger partial charge in [-0.1, -0.05) is 12.1 Å². The van der Waals surface area contributed by atoms with Crippen molar-refractivity contribution in [3.05, 3.63) is 23.8 Å². The van der Waals surface area contributed by atoms with Crippen molar-refractivity contribution in [1.29, 1.82) is 0 Å². The van der Waals surface area contributed by atoms with Crippen LogP contribution in [0.1, 0.15) is 33.3 Å². The molecule has 0 unspecified atom stereocenters. The lowest BCUT2D eigenvalue weighted by molar-refractivity contribution is -0.138. The predicted molar refractivity (Wildman–Crippen MR) is 73.8 cm³/mol. The Kier molecular flexibility index (Phi) is 4.40. The number of ether oxygens (including phenoxy) is 1. The monoisotopic (exact) mass is 338 g/mol. The second-order valence-corrected chi connectivity index (χ2v) is 6.22. The van der Waals surface area contributed by atoms with Crippen molar-refractivity contribution in [2.45, 2.75) is 51.7 Å². The number of hydrogen-bond acceptors (Lipinski definition) is 3.